The Hall–Kier alpha value is -0.960. The van der Waals surface area contributed by atoms with Crippen LogP contribution in [0.1, 0.15) is 37.4 Å². The molecule has 0 amide bonds. The maximum atomic E-state index is 4.90. The van der Waals surface area contributed by atoms with Crippen LogP contribution in [0.3, 0.4) is 0 Å². The molecule has 0 saturated carbocycles. The standard InChI is InChI=1S/C13H16N2S.C2H6/c1-15-8-9-16-13(15)14-12-7-6-10-4-2-3-5-11(10)12;1-2/h2-5,12H,6-9H2,1H3;1-2H3. The molecule has 0 aromatic heterocycles. The number of thioether (sulfide) groups is 1. The molecule has 2 aliphatic rings. The van der Waals surface area contributed by atoms with E-state index in [4.69, 9.17) is 4.99 Å². The van der Waals surface area contributed by atoms with Gasteiger partial charge in [-0.15, -0.1) is 0 Å². The van der Waals surface area contributed by atoms with Gasteiger partial charge in [-0.2, -0.15) is 0 Å². The number of aliphatic imine (C=N–C) groups is 1. The summed E-state index contributed by atoms with van der Waals surface area (Å²) in [6.07, 6.45) is 2.36. The van der Waals surface area contributed by atoms with Crippen molar-refractivity contribution in [1.82, 2.24) is 4.90 Å². The van der Waals surface area contributed by atoms with Crippen molar-refractivity contribution in [1.29, 1.82) is 0 Å². The Balaban J connectivity index is 0.000000574. The monoisotopic (exact) mass is 262 g/mol. The number of hydrogen-bond donors (Lipinski definition) is 0. The zero-order chi connectivity index (χ0) is 13.0. The van der Waals surface area contributed by atoms with Gasteiger partial charge in [0.2, 0.25) is 0 Å². The molecule has 0 N–H and O–H groups in total. The van der Waals surface area contributed by atoms with E-state index in [0.717, 1.165) is 6.54 Å². The lowest BCUT2D eigenvalue weighted by molar-refractivity contribution is 0.553. The van der Waals surface area contributed by atoms with E-state index in [2.05, 4.69) is 36.2 Å². The van der Waals surface area contributed by atoms with Gasteiger partial charge in [-0.25, -0.2) is 0 Å². The quantitative estimate of drug-likeness (QED) is 0.766. The van der Waals surface area contributed by atoms with Crippen molar-refractivity contribution in [2.75, 3.05) is 19.3 Å². The van der Waals surface area contributed by atoms with E-state index in [1.165, 1.54) is 34.9 Å². The molecule has 1 aromatic carbocycles. The highest BCUT2D eigenvalue weighted by atomic mass is 32.2. The van der Waals surface area contributed by atoms with Crippen molar-refractivity contribution < 1.29 is 0 Å². The van der Waals surface area contributed by atoms with E-state index < -0.39 is 0 Å². The summed E-state index contributed by atoms with van der Waals surface area (Å²) in [6, 6.07) is 9.13. The first-order chi connectivity index (χ1) is 8.84. The Kier molecular flexibility index (Phi) is 4.70. The number of fused-ring (bicyclic) bond motifs is 1. The molecule has 3 heteroatoms. The van der Waals surface area contributed by atoms with Crippen LogP contribution >= 0.6 is 11.8 Å². The molecule has 1 aromatic rings. The second-order valence-corrected chi connectivity index (χ2v) is 5.50. The number of amidine groups is 1. The largest absolute Gasteiger partial charge is 0.354 e. The van der Waals surface area contributed by atoms with E-state index in [1.807, 2.05) is 25.6 Å². The topological polar surface area (TPSA) is 15.6 Å². The van der Waals surface area contributed by atoms with E-state index in [1.54, 1.807) is 0 Å². The Morgan fingerprint density at radius 2 is 2.06 bits per heavy atom. The summed E-state index contributed by atoms with van der Waals surface area (Å²) < 4.78 is 0. The fraction of sp³-hybridized carbons (Fsp3) is 0.533. The molecule has 0 radical (unpaired) electrons. The Morgan fingerprint density at radius 1 is 1.28 bits per heavy atom. The van der Waals surface area contributed by atoms with Gasteiger partial charge in [-0.05, 0) is 24.0 Å². The zero-order valence-corrected chi connectivity index (χ0v) is 12.3. The third-order valence-electron chi connectivity index (χ3n) is 3.35. The molecule has 1 unspecified atom stereocenters. The van der Waals surface area contributed by atoms with Crippen molar-refractivity contribution >= 4 is 16.9 Å². The van der Waals surface area contributed by atoms with Crippen LogP contribution in [0.2, 0.25) is 0 Å². The number of nitrogens with zero attached hydrogens (tertiary/aromatic N) is 2. The van der Waals surface area contributed by atoms with Crippen molar-refractivity contribution in [3.63, 3.8) is 0 Å². The Morgan fingerprint density at radius 3 is 2.78 bits per heavy atom. The van der Waals surface area contributed by atoms with Crippen molar-refractivity contribution in [2.45, 2.75) is 32.7 Å². The lowest BCUT2D eigenvalue weighted by Gasteiger charge is -2.13. The molecule has 3 rings (SSSR count). The molecule has 0 bridgehead atoms. The minimum atomic E-state index is 0.402. The Bertz CT molecular complexity index is 428. The summed E-state index contributed by atoms with van der Waals surface area (Å²) in [7, 11) is 2.14. The van der Waals surface area contributed by atoms with Crippen LogP contribution in [-0.4, -0.2) is 29.4 Å². The van der Waals surface area contributed by atoms with Crippen molar-refractivity contribution in [3.8, 4) is 0 Å². The summed E-state index contributed by atoms with van der Waals surface area (Å²) in [4.78, 5) is 7.17. The van der Waals surface area contributed by atoms with Gasteiger partial charge >= 0.3 is 0 Å². The average Bonchev–Trinajstić information content (AvgIpc) is 3.01. The summed E-state index contributed by atoms with van der Waals surface area (Å²) in [6.45, 7) is 5.14. The highest BCUT2D eigenvalue weighted by molar-refractivity contribution is 8.14. The van der Waals surface area contributed by atoms with E-state index in [0.29, 0.717) is 6.04 Å². The molecule has 98 valence electrons. The van der Waals surface area contributed by atoms with Gasteiger partial charge in [0.25, 0.3) is 0 Å². The second-order valence-electron chi connectivity index (χ2n) is 4.43. The van der Waals surface area contributed by atoms with Crippen molar-refractivity contribution in [2.24, 2.45) is 4.99 Å². The van der Waals surface area contributed by atoms with Crippen LogP contribution in [0.15, 0.2) is 29.3 Å². The second kappa shape index (κ2) is 6.28. The SMILES string of the molecule is CC.CN1CCSC1=NC1CCc2ccccc21. The third-order valence-corrected chi connectivity index (χ3v) is 4.41. The average molecular weight is 262 g/mol. The number of benzene rings is 1. The van der Waals surface area contributed by atoms with Gasteiger partial charge in [0, 0.05) is 19.3 Å². The summed E-state index contributed by atoms with van der Waals surface area (Å²) >= 11 is 1.89. The molecule has 18 heavy (non-hydrogen) atoms. The van der Waals surface area contributed by atoms with Crippen LogP contribution < -0.4 is 0 Å². The lowest BCUT2D eigenvalue weighted by atomic mass is 10.1. The van der Waals surface area contributed by atoms with Gasteiger partial charge in [0.15, 0.2) is 5.17 Å². The number of aryl methyl sites for hydroxylation is 1. The van der Waals surface area contributed by atoms with Gasteiger partial charge in [0.05, 0.1) is 6.04 Å². The zero-order valence-electron chi connectivity index (χ0n) is 11.5. The predicted molar refractivity (Wildman–Crippen MR) is 81.4 cm³/mol. The van der Waals surface area contributed by atoms with E-state index in [9.17, 15) is 0 Å². The van der Waals surface area contributed by atoms with Crippen LogP contribution in [-0.2, 0) is 6.42 Å². The smallest absolute Gasteiger partial charge is 0.159 e. The molecule has 1 aliphatic carbocycles. The van der Waals surface area contributed by atoms with Gasteiger partial charge in [-0.1, -0.05) is 49.9 Å². The summed E-state index contributed by atoms with van der Waals surface area (Å²) in [5, 5.41) is 1.22. The fourth-order valence-corrected chi connectivity index (χ4v) is 3.48. The minimum Gasteiger partial charge on any atom is -0.354 e. The van der Waals surface area contributed by atoms with Gasteiger partial charge in [0.1, 0.15) is 0 Å². The number of rotatable bonds is 1. The first-order valence-electron chi connectivity index (χ1n) is 6.84. The maximum Gasteiger partial charge on any atom is 0.159 e. The van der Waals surface area contributed by atoms with E-state index >= 15 is 0 Å². The van der Waals surface area contributed by atoms with Crippen molar-refractivity contribution in [3.05, 3.63) is 35.4 Å². The molecule has 1 saturated heterocycles. The summed E-state index contributed by atoms with van der Waals surface area (Å²) in [5.41, 5.74) is 2.93. The minimum absolute atomic E-state index is 0.402. The van der Waals surface area contributed by atoms with Gasteiger partial charge in [-0.3, -0.25) is 4.99 Å². The molecule has 0 spiro atoms. The number of hydrogen-bond acceptors (Lipinski definition) is 2. The molecular weight excluding hydrogens is 240 g/mol. The molecular formula is C15H22N2S. The maximum absolute atomic E-state index is 4.90. The molecule has 1 heterocycles. The van der Waals surface area contributed by atoms with E-state index in [-0.39, 0.29) is 0 Å². The van der Waals surface area contributed by atoms with Crippen LogP contribution in [0, 0.1) is 0 Å². The Labute approximate surface area is 114 Å². The first kappa shape index (κ1) is 13.5. The van der Waals surface area contributed by atoms with Gasteiger partial charge < -0.3 is 4.90 Å². The highest BCUT2D eigenvalue weighted by Gasteiger charge is 2.24. The molecule has 1 atom stereocenters. The lowest BCUT2D eigenvalue weighted by Crippen LogP contribution is -2.18. The third kappa shape index (κ3) is 2.72. The summed E-state index contributed by atoms with van der Waals surface area (Å²) in [5.74, 6) is 1.18. The van der Waals surface area contributed by atoms with Crippen LogP contribution in [0.5, 0.6) is 0 Å². The first-order valence-corrected chi connectivity index (χ1v) is 7.83. The molecule has 1 aliphatic heterocycles. The molecule has 2 nitrogen and oxygen atoms in total. The normalized spacial score (nSPS) is 23.8. The van der Waals surface area contributed by atoms with Crippen LogP contribution in [0.4, 0.5) is 0 Å². The highest BCUT2D eigenvalue weighted by Crippen LogP contribution is 2.35. The van der Waals surface area contributed by atoms with Crippen LogP contribution in [0.25, 0.3) is 0 Å². The predicted octanol–water partition coefficient (Wildman–Crippen LogP) is 3.73. The fourth-order valence-electron chi connectivity index (χ4n) is 2.42. The molecule has 1 fully saturated rings.